The standard InChI is InChI=1S/C7H11ClN4.ClH/c8-7-11-5-2-6(12-7)10-4-1-3-9;/h2,5H,1,3-4,9H2,(H,10,11,12);1H. The molecule has 6 heteroatoms. The molecular formula is C7H12Cl2N4. The van der Waals surface area contributed by atoms with Crippen LogP contribution in [-0.4, -0.2) is 23.1 Å². The molecule has 0 fully saturated rings. The van der Waals surface area contributed by atoms with Crippen LogP contribution in [0.25, 0.3) is 0 Å². The van der Waals surface area contributed by atoms with Crippen LogP contribution in [-0.2, 0) is 0 Å². The lowest BCUT2D eigenvalue weighted by Gasteiger charge is -2.02. The highest BCUT2D eigenvalue weighted by Gasteiger charge is 1.93. The van der Waals surface area contributed by atoms with Crippen molar-refractivity contribution in [2.75, 3.05) is 18.4 Å². The van der Waals surface area contributed by atoms with Gasteiger partial charge in [0.05, 0.1) is 0 Å². The highest BCUT2D eigenvalue weighted by Crippen LogP contribution is 2.04. The molecule has 0 radical (unpaired) electrons. The van der Waals surface area contributed by atoms with Crippen LogP contribution in [0.4, 0.5) is 5.82 Å². The fourth-order valence-electron chi connectivity index (χ4n) is 0.752. The molecule has 0 aliphatic heterocycles. The number of nitrogens with one attached hydrogen (secondary N) is 1. The van der Waals surface area contributed by atoms with Gasteiger partial charge < -0.3 is 11.1 Å². The first-order chi connectivity index (χ1) is 5.83. The molecule has 0 aliphatic rings. The fourth-order valence-corrected chi connectivity index (χ4v) is 0.899. The summed E-state index contributed by atoms with van der Waals surface area (Å²) in [6.45, 7) is 1.48. The van der Waals surface area contributed by atoms with Crippen molar-refractivity contribution in [2.24, 2.45) is 5.73 Å². The Hall–Kier alpha value is -0.580. The second-order valence-corrected chi connectivity index (χ2v) is 2.62. The normalized spacial score (nSPS) is 9.08. The maximum absolute atomic E-state index is 5.57. The van der Waals surface area contributed by atoms with Crippen LogP contribution < -0.4 is 11.1 Å². The van der Waals surface area contributed by atoms with Crippen LogP contribution in [0.5, 0.6) is 0 Å². The average Bonchev–Trinajstić information content (AvgIpc) is 2.05. The lowest BCUT2D eigenvalue weighted by molar-refractivity contribution is 0.869. The number of hydrogen-bond donors (Lipinski definition) is 2. The average molecular weight is 223 g/mol. The van der Waals surface area contributed by atoms with E-state index in [2.05, 4.69) is 15.3 Å². The smallest absolute Gasteiger partial charge is 0.224 e. The van der Waals surface area contributed by atoms with E-state index >= 15 is 0 Å². The van der Waals surface area contributed by atoms with Crippen LogP contribution in [0.2, 0.25) is 5.28 Å². The minimum Gasteiger partial charge on any atom is -0.370 e. The van der Waals surface area contributed by atoms with Crippen molar-refractivity contribution in [2.45, 2.75) is 6.42 Å². The van der Waals surface area contributed by atoms with Gasteiger partial charge in [-0.2, -0.15) is 0 Å². The summed E-state index contributed by atoms with van der Waals surface area (Å²) in [6.07, 6.45) is 2.53. The molecule has 4 nitrogen and oxygen atoms in total. The molecule has 0 amide bonds. The Morgan fingerprint density at radius 2 is 2.31 bits per heavy atom. The van der Waals surface area contributed by atoms with Gasteiger partial charge in [0.2, 0.25) is 5.28 Å². The SMILES string of the molecule is Cl.NCCCNc1ccnc(Cl)n1. The van der Waals surface area contributed by atoms with Gasteiger partial charge in [-0.05, 0) is 30.6 Å². The van der Waals surface area contributed by atoms with Gasteiger partial charge >= 0.3 is 0 Å². The Bertz CT molecular complexity index is 244. The Kier molecular flexibility index (Phi) is 6.58. The molecule has 0 spiro atoms. The molecule has 1 heterocycles. The molecule has 0 unspecified atom stereocenters. The Morgan fingerprint density at radius 3 is 2.92 bits per heavy atom. The molecular weight excluding hydrogens is 211 g/mol. The topological polar surface area (TPSA) is 63.8 Å². The summed E-state index contributed by atoms with van der Waals surface area (Å²) in [4.78, 5) is 7.71. The minimum atomic E-state index is 0. The van der Waals surface area contributed by atoms with Crippen LogP contribution in [0.1, 0.15) is 6.42 Å². The number of hydrogen-bond acceptors (Lipinski definition) is 4. The minimum absolute atomic E-state index is 0. The molecule has 0 atom stereocenters. The van der Waals surface area contributed by atoms with Crippen molar-refractivity contribution in [1.82, 2.24) is 9.97 Å². The van der Waals surface area contributed by atoms with Gasteiger partial charge in [-0.25, -0.2) is 9.97 Å². The van der Waals surface area contributed by atoms with Crippen LogP contribution in [0, 0.1) is 0 Å². The number of halogens is 2. The molecule has 1 aromatic rings. The van der Waals surface area contributed by atoms with Gasteiger partial charge in [-0.15, -0.1) is 12.4 Å². The molecule has 74 valence electrons. The van der Waals surface area contributed by atoms with Crippen LogP contribution >= 0.6 is 24.0 Å². The van der Waals surface area contributed by atoms with Crippen molar-refractivity contribution in [1.29, 1.82) is 0 Å². The zero-order valence-electron chi connectivity index (χ0n) is 7.03. The van der Waals surface area contributed by atoms with E-state index in [9.17, 15) is 0 Å². The van der Waals surface area contributed by atoms with Crippen molar-refractivity contribution < 1.29 is 0 Å². The Labute approximate surface area is 88.3 Å². The molecule has 0 bridgehead atoms. The van der Waals surface area contributed by atoms with E-state index in [0.29, 0.717) is 6.54 Å². The zero-order chi connectivity index (χ0) is 8.81. The third kappa shape index (κ3) is 4.87. The monoisotopic (exact) mass is 222 g/mol. The largest absolute Gasteiger partial charge is 0.370 e. The first-order valence-corrected chi connectivity index (χ1v) is 4.13. The van der Waals surface area contributed by atoms with Crippen molar-refractivity contribution in [3.05, 3.63) is 17.5 Å². The van der Waals surface area contributed by atoms with E-state index in [1.807, 2.05) is 0 Å². The number of aromatic nitrogens is 2. The summed E-state index contributed by atoms with van der Waals surface area (Å²) in [7, 11) is 0. The summed E-state index contributed by atoms with van der Waals surface area (Å²) in [5, 5.41) is 3.33. The summed E-state index contributed by atoms with van der Waals surface area (Å²) in [5.74, 6) is 0.739. The second-order valence-electron chi connectivity index (χ2n) is 2.28. The molecule has 0 saturated carbocycles. The van der Waals surface area contributed by atoms with E-state index in [-0.39, 0.29) is 17.7 Å². The van der Waals surface area contributed by atoms with E-state index in [1.165, 1.54) is 0 Å². The van der Waals surface area contributed by atoms with E-state index in [0.717, 1.165) is 18.8 Å². The summed E-state index contributed by atoms with van der Waals surface area (Å²) in [6, 6.07) is 1.77. The van der Waals surface area contributed by atoms with E-state index < -0.39 is 0 Å². The molecule has 0 aromatic carbocycles. The number of rotatable bonds is 4. The van der Waals surface area contributed by atoms with Gasteiger partial charge in [0.25, 0.3) is 0 Å². The van der Waals surface area contributed by atoms with Crippen LogP contribution in [0.15, 0.2) is 12.3 Å². The first kappa shape index (κ1) is 12.4. The molecule has 3 N–H and O–H groups in total. The third-order valence-corrected chi connectivity index (χ3v) is 1.50. The Balaban J connectivity index is 0.00000144. The summed E-state index contributed by atoms with van der Waals surface area (Å²) in [5.41, 5.74) is 5.32. The van der Waals surface area contributed by atoms with Gasteiger partial charge in [0, 0.05) is 12.7 Å². The summed E-state index contributed by atoms with van der Waals surface area (Å²) >= 11 is 5.57. The van der Waals surface area contributed by atoms with E-state index in [1.54, 1.807) is 12.3 Å². The number of nitrogens with zero attached hydrogens (tertiary/aromatic N) is 2. The molecule has 0 saturated heterocycles. The van der Waals surface area contributed by atoms with Crippen molar-refractivity contribution in [3.8, 4) is 0 Å². The second kappa shape index (κ2) is 6.88. The molecule has 13 heavy (non-hydrogen) atoms. The summed E-state index contributed by atoms with van der Waals surface area (Å²) < 4.78 is 0. The van der Waals surface area contributed by atoms with Crippen molar-refractivity contribution >= 4 is 29.8 Å². The molecule has 1 aromatic heterocycles. The maximum Gasteiger partial charge on any atom is 0.224 e. The first-order valence-electron chi connectivity index (χ1n) is 3.75. The number of nitrogens with two attached hydrogens (primary N) is 1. The van der Waals surface area contributed by atoms with Crippen LogP contribution in [0.3, 0.4) is 0 Å². The molecule has 0 aliphatic carbocycles. The highest BCUT2D eigenvalue weighted by molar-refractivity contribution is 6.28. The zero-order valence-corrected chi connectivity index (χ0v) is 8.61. The predicted molar refractivity (Wildman–Crippen MR) is 56.5 cm³/mol. The third-order valence-electron chi connectivity index (χ3n) is 1.31. The predicted octanol–water partition coefficient (Wildman–Crippen LogP) is 1.31. The highest BCUT2D eigenvalue weighted by atomic mass is 35.5. The van der Waals surface area contributed by atoms with Gasteiger partial charge in [0.15, 0.2) is 0 Å². The lowest BCUT2D eigenvalue weighted by Crippen LogP contribution is -2.09. The van der Waals surface area contributed by atoms with Gasteiger partial charge in [-0.3, -0.25) is 0 Å². The van der Waals surface area contributed by atoms with E-state index in [4.69, 9.17) is 17.3 Å². The molecule has 1 rings (SSSR count). The van der Waals surface area contributed by atoms with Gasteiger partial charge in [-0.1, -0.05) is 0 Å². The van der Waals surface area contributed by atoms with Crippen molar-refractivity contribution in [3.63, 3.8) is 0 Å². The fraction of sp³-hybridized carbons (Fsp3) is 0.429. The number of anilines is 1. The quantitative estimate of drug-likeness (QED) is 0.596. The van der Waals surface area contributed by atoms with Gasteiger partial charge in [0.1, 0.15) is 5.82 Å². The lowest BCUT2D eigenvalue weighted by atomic mass is 10.4. The Morgan fingerprint density at radius 1 is 1.54 bits per heavy atom. The maximum atomic E-state index is 5.57.